The average Bonchev–Trinajstić information content (AvgIpc) is 3.32. The normalized spacial score (nSPS) is 11.2. The minimum absolute atomic E-state index is 0.188. The molecule has 0 saturated carbocycles. The van der Waals surface area contributed by atoms with Crippen molar-refractivity contribution in [2.24, 2.45) is 0 Å². The number of aromatic nitrogens is 4. The molecule has 1 N–H and O–H groups in total. The minimum atomic E-state index is -0.188. The molecule has 4 aromatic rings. The molecule has 3 aromatic heterocycles. The third-order valence-corrected chi connectivity index (χ3v) is 6.17. The van der Waals surface area contributed by atoms with E-state index in [4.69, 9.17) is 11.6 Å². The number of rotatable bonds is 4. The first kappa shape index (κ1) is 17.1. The SMILES string of the molecule is CCc1nnc(NC(=O)c2cc3c(C)nn(-c4ccc(Cl)cc4)c3s2)s1. The van der Waals surface area contributed by atoms with Crippen LogP contribution < -0.4 is 5.32 Å². The van der Waals surface area contributed by atoms with Gasteiger partial charge in [0, 0.05) is 10.4 Å². The van der Waals surface area contributed by atoms with E-state index in [1.165, 1.54) is 22.7 Å². The minimum Gasteiger partial charge on any atom is -0.296 e. The van der Waals surface area contributed by atoms with E-state index in [0.717, 1.165) is 33.0 Å². The molecule has 0 bridgehead atoms. The van der Waals surface area contributed by atoms with Gasteiger partial charge in [0.05, 0.1) is 16.3 Å². The summed E-state index contributed by atoms with van der Waals surface area (Å²) in [5, 5.41) is 18.5. The standard InChI is InChI=1S/C17H14ClN5OS2/c1-3-14-20-21-17(26-14)19-15(24)13-8-12-9(2)22-23(16(12)25-13)11-6-4-10(18)5-7-11/h4-8H,3H2,1-2H3,(H,19,21,24). The topological polar surface area (TPSA) is 72.7 Å². The number of fused-ring (bicyclic) bond motifs is 1. The lowest BCUT2D eigenvalue weighted by molar-refractivity contribution is 0.103. The second-order valence-electron chi connectivity index (χ2n) is 5.61. The maximum Gasteiger partial charge on any atom is 0.267 e. The Labute approximate surface area is 162 Å². The van der Waals surface area contributed by atoms with Crippen molar-refractivity contribution in [3.8, 4) is 5.69 Å². The zero-order valence-corrected chi connectivity index (χ0v) is 16.4. The molecule has 26 heavy (non-hydrogen) atoms. The molecule has 0 atom stereocenters. The molecule has 0 spiro atoms. The number of aryl methyl sites for hydroxylation is 2. The number of hydrogen-bond acceptors (Lipinski definition) is 6. The molecule has 1 amide bonds. The number of anilines is 1. The molecule has 4 rings (SSSR count). The average molecular weight is 404 g/mol. The van der Waals surface area contributed by atoms with Gasteiger partial charge in [0.15, 0.2) is 0 Å². The number of halogens is 1. The van der Waals surface area contributed by atoms with E-state index in [2.05, 4.69) is 20.6 Å². The summed E-state index contributed by atoms with van der Waals surface area (Å²) in [4.78, 5) is 14.1. The van der Waals surface area contributed by atoms with Gasteiger partial charge in [-0.3, -0.25) is 10.1 Å². The summed E-state index contributed by atoms with van der Waals surface area (Å²) in [5.41, 5.74) is 1.77. The van der Waals surface area contributed by atoms with Crippen LogP contribution in [0.2, 0.25) is 5.02 Å². The van der Waals surface area contributed by atoms with E-state index < -0.39 is 0 Å². The van der Waals surface area contributed by atoms with Crippen LogP contribution in [0.25, 0.3) is 15.9 Å². The molecule has 0 unspecified atom stereocenters. The lowest BCUT2D eigenvalue weighted by Gasteiger charge is -2.02. The molecule has 0 fully saturated rings. The van der Waals surface area contributed by atoms with E-state index >= 15 is 0 Å². The number of amides is 1. The highest BCUT2D eigenvalue weighted by molar-refractivity contribution is 7.20. The van der Waals surface area contributed by atoms with Crippen LogP contribution in [-0.4, -0.2) is 25.9 Å². The van der Waals surface area contributed by atoms with E-state index in [9.17, 15) is 4.79 Å². The van der Waals surface area contributed by atoms with Gasteiger partial charge >= 0.3 is 0 Å². The summed E-state index contributed by atoms with van der Waals surface area (Å²) in [5.74, 6) is -0.188. The molecule has 0 radical (unpaired) electrons. The zero-order valence-electron chi connectivity index (χ0n) is 14.0. The molecule has 1 aromatic carbocycles. The molecule has 0 aliphatic heterocycles. The van der Waals surface area contributed by atoms with Gasteiger partial charge in [-0.15, -0.1) is 21.5 Å². The summed E-state index contributed by atoms with van der Waals surface area (Å²) in [6, 6.07) is 9.32. The van der Waals surface area contributed by atoms with Crippen molar-refractivity contribution in [2.45, 2.75) is 20.3 Å². The van der Waals surface area contributed by atoms with Crippen molar-refractivity contribution in [1.29, 1.82) is 0 Å². The third kappa shape index (κ3) is 3.11. The van der Waals surface area contributed by atoms with Gasteiger partial charge < -0.3 is 0 Å². The Kier molecular flexibility index (Phi) is 4.47. The Morgan fingerprint density at radius 3 is 2.69 bits per heavy atom. The third-order valence-electron chi connectivity index (χ3n) is 3.83. The number of nitrogens with zero attached hydrogens (tertiary/aromatic N) is 4. The van der Waals surface area contributed by atoms with Crippen molar-refractivity contribution >= 4 is 55.5 Å². The van der Waals surface area contributed by atoms with Gasteiger partial charge in [0.25, 0.3) is 5.91 Å². The summed E-state index contributed by atoms with van der Waals surface area (Å²) >= 11 is 8.75. The first-order valence-corrected chi connectivity index (χ1v) is 9.95. The molecule has 0 aliphatic carbocycles. The van der Waals surface area contributed by atoms with E-state index in [1.807, 2.05) is 48.9 Å². The molecule has 6 nitrogen and oxygen atoms in total. The number of carbonyl (C=O) groups is 1. The fraction of sp³-hybridized carbons (Fsp3) is 0.176. The first-order chi connectivity index (χ1) is 12.5. The number of nitrogens with one attached hydrogen (secondary N) is 1. The van der Waals surface area contributed by atoms with Crippen molar-refractivity contribution in [1.82, 2.24) is 20.0 Å². The number of benzene rings is 1. The van der Waals surface area contributed by atoms with Crippen LogP contribution in [0.4, 0.5) is 5.13 Å². The van der Waals surface area contributed by atoms with Crippen molar-refractivity contribution in [3.05, 3.63) is 50.9 Å². The maximum absolute atomic E-state index is 12.6. The van der Waals surface area contributed by atoms with Gasteiger partial charge in [-0.2, -0.15) is 5.10 Å². The van der Waals surface area contributed by atoms with Crippen LogP contribution in [0.5, 0.6) is 0 Å². The Bertz CT molecular complexity index is 1100. The van der Waals surface area contributed by atoms with E-state index in [0.29, 0.717) is 15.0 Å². The molecule has 0 aliphatic rings. The van der Waals surface area contributed by atoms with Crippen LogP contribution in [0.1, 0.15) is 27.3 Å². The summed E-state index contributed by atoms with van der Waals surface area (Å²) in [6.07, 6.45) is 0.798. The fourth-order valence-electron chi connectivity index (χ4n) is 2.52. The second-order valence-corrected chi connectivity index (χ2v) is 8.14. The lowest BCUT2D eigenvalue weighted by atomic mass is 10.3. The van der Waals surface area contributed by atoms with Crippen molar-refractivity contribution < 1.29 is 4.79 Å². The number of hydrogen-bond donors (Lipinski definition) is 1. The quantitative estimate of drug-likeness (QED) is 0.535. The van der Waals surface area contributed by atoms with Gasteiger partial charge in [0.1, 0.15) is 9.84 Å². The Morgan fingerprint density at radius 1 is 1.23 bits per heavy atom. The highest BCUT2D eigenvalue weighted by Crippen LogP contribution is 2.31. The maximum atomic E-state index is 12.6. The lowest BCUT2D eigenvalue weighted by Crippen LogP contribution is -2.09. The first-order valence-electron chi connectivity index (χ1n) is 7.94. The Hall–Kier alpha value is -2.29. The van der Waals surface area contributed by atoms with Crippen LogP contribution in [-0.2, 0) is 6.42 Å². The summed E-state index contributed by atoms with van der Waals surface area (Å²) < 4.78 is 1.84. The largest absolute Gasteiger partial charge is 0.296 e. The molecule has 132 valence electrons. The smallest absolute Gasteiger partial charge is 0.267 e. The van der Waals surface area contributed by atoms with E-state index in [-0.39, 0.29) is 5.91 Å². The van der Waals surface area contributed by atoms with E-state index in [1.54, 1.807) is 0 Å². The molecular weight excluding hydrogens is 390 g/mol. The monoisotopic (exact) mass is 403 g/mol. The number of thiophene rings is 1. The highest BCUT2D eigenvalue weighted by Gasteiger charge is 2.18. The second kappa shape index (κ2) is 6.79. The summed E-state index contributed by atoms with van der Waals surface area (Å²) in [6.45, 7) is 3.94. The zero-order chi connectivity index (χ0) is 18.3. The van der Waals surface area contributed by atoms with Crippen LogP contribution >= 0.6 is 34.3 Å². The molecule has 9 heteroatoms. The predicted octanol–water partition coefficient (Wildman–Crippen LogP) is 4.72. The van der Waals surface area contributed by atoms with Gasteiger partial charge in [-0.1, -0.05) is 29.9 Å². The van der Waals surface area contributed by atoms with Gasteiger partial charge in [-0.25, -0.2) is 4.68 Å². The van der Waals surface area contributed by atoms with Crippen LogP contribution in [0, 0.1) is 6.92 Å². The molecular formula is C17H14ClN5OS2. The van der Waals surface area contributed by atoms with Gasteiger partial charge in [0.2, 0.25) is 5.13 Å². The fourth-order valence-corrected chi connectivity index (χ4v) is 4.40. The highest BCUT2D eigenvalue weighted by atomic mass is 35.5. The van der Waals surface area contributed by atoms with Crippen molar-refractivity contribution in [3.63, 3.8) is 0 Å². The Morgan fingerprint density at radius 2 is 2.00 bits per heavy atom. The molecule has 0 saturated heterocycles. The van der Waals surface area contributed by atoms with Crippen molar-refractivity contribution in [2.75, 3.05) is 5.32 Å². The van der Waals surface area contributed by atoms with Crippen LogP contribution in [0.3, 0.4) is 0 Å². The number of carbonyl (C=O) groups excluding carboxylic acids is 1. The van der Waals surface area contributed by atoms with Crippen LogP contribution in [0.15, 0.2) is 30.3 Å². The Balaban J connectivity index is 1.68. The van der Waals surface area contributed by atoms with Gasteiger partial charge in [-0.05, 0) is 43.7 Å². The summed E-state index contributed by atoms with van der Waals surface area (Å²) in [7, 11) is 0. The molecule has 3 heterocycles. The predicted molar refractivity (Wildman–Crippen MR) is 106 cm³/mol.